The van der Waals surface area contributed by atoms with Crippen LogP contribution in [0.2, 0.25) is 0 Å². The zero-order valence-electron chi connectivity index (χ0n) is 9.04. The van der Waals surface area contributed by atoms with Crippen molar-refractivity contribution in [3.05, 3.63) is 28.5 Å². The van der Waals surface area contributed by atoms with Crippen molar-refractivity contribution in [1.29, 1.82) is 0 Å². The molecule has 17 heavy (non-hydrogen) atoms. The Morgan fingerprint density at radius 1 is 1.47 bits per heavy atom. The molecule has 2 rings (SSSR count). The number of carbonyl (C=O) groups is 2. The number of carbonyl (C=O) groups excluding carboxylic acids is 2. The second kappa shape index (κ2) is 4.44. The van der Waals surface area contributed by atoms with Gasteiger partial charge in [-0.2, -0.15) is 0 Å². The maximum atomic E-state index is 13.2. The van der Waals surface area contributed by atoms with E-state index in [1.165, 1.54) is 23.1 Å². The molecule has 1 aromatic rings. The van der Waals surface area contributed by atoms with E-state index >= 15 is 0 Å². The number of hydrogen-bond donors (Lipinski definition) is 1. The van der Waals surface area contributed by atoms with Crippen LogP contribution in [0.15, 0.2) is 22.7 Å². The molecular weight excluding hydrogens is 291 g/mol. The van der Waals surface area contributed by atoms with Gasteiger partial charge in [0.2, 0.25) is 11.8 Å². The lowest BCUT2D eigenvalue weighted by Crippen LogP contribution is -2.57. The Kier molecular flexibility index (Phi) is 3.15. The molecule has 1 aromatic carbocycles. The Morgan fingerprint density at radius 3 is 2.88 bits per heavy atom. The number of piperazine rings is 1. The predicted octanol–water partition coefficient (Wildman–Crippen LogP) is 1.44. The Hall–Kier alpha value is -1.43. The van der Waals surface area contributed by atoms with Crippen molar-refractivity contribution in [2.45, 2.75) is 13.0 Å². The van der Waals surface area contributed by atoms with Crippen LogP contribution in [0.3, 0.4) is 0 Å². The third kappa shape index (κ3) is 2.31. The summed E-state index contributed by atoms with van der Waals surface area (Å²) in [6, 6.07) is 3.43. The molecule has 0 bridgehead atoms. The molecule has 0 aromatic heterocycles. The molecule has 0 radical (unpaired) electrons. The highest BCUT2D eigenvalue weighted by Crippen LogP contribution is 2.28. The normalized spacial score (nSPS) is 20.4. The van der Waals surface area contributed by atoms with Gasteiger partial charge in [0.15, 0.2) is 0 Å². The predicted molar refractivity (Wildman–Crippen MR) is 64.1 cm³/mol. The number of halogens is 2. The molecule has 1 fully saturated rings. The smallest absolute Gasteiger partial charge is 0.249 e. The summed E-state index contributed by atoms with van der Waals surface area (Å²) in [4.78, 5) is 24.6. The highest BCUT2D eigenvalue weighted by atomic mass is 79.9. The van der Waals surface area contributed by atoms with Crippen molar-refractivity contribution in [2.24, 2.45) is 0 Å². The molecule has 1 aliphatic rings. The van der Waals surface area contributed by atoms with Crippen molar-refractivity contribution >= 4 is 33.4 Å². The first-order valence-corrected chi connectivity index (χ1v) is 5.84. The molecular formula is C11H10BrFN2O2. The summed E-state index contributed by atoms with van der Waals surface area (Å²) >= 11 is 3.24. The van der Waals surface area contributed by atoms with Crippen molar-refractivity contribution in [3.8, 4) is 0 Å². The van der Waals surface area contributed by atoms with Crippen LogP contribution in [-0.2, 0) is 9.59 Å². The van der Waals surface area contributed by atoms with Crippen molar-refractivity contribution in [2.75, 3.05) is 11.4 Å². The molecule has 90 valence electrons. The van der Waals surface area contributed by atoms with E-state index in [0.717, 1.165) is 0 Å². The highest BCUT2D eigenvalue weighted by Gasteiger charge is 2.31. The average Bonchev–Trinajstić information content (AvgIpc) is 2.27. The zero-order chi connectivity index (χ0) is 12.6. The van der Waals surface area contributed by atoms with Crippen LogP contribution >= 0.6 is 15.9 Å². The van der Waals surface area contributed by atoms with E-state index in [-0.39, 0.29) is 18.4 Å². The van der Waals surface area contributed by atoms with Gasteiger partial charge in [-0.3, -0.25) is 14.5 Å². The largest absolute Gasteiger partial charge is 0.343 e. The number of amides is 2. The van der Waals surface area contributed by atoms with Gasteiger partial charge in [0.1, 0.15) is 18.4 Å². The van der Waals surface area contributed by atoms with Crippen LogP contribution in [0.25, 0.3) is 0 Å². The van der Waals surface area contributed by atoms with E-state index in [0.29, 0.717) is 10.2 Å². The van der Waals surface area contributed by atoms with Gasteiger partial charge in [0.25, 0.3) is 0 Å². The summed E-state index contributed by atoms with van der Waals surface area (Å²) in [5.74, 6) is -0.959. The standard InChI is InChI=1S/C11H10BrFN2O2/c1-6-11(17)15(5-10(16)14-6)9-4-7(13)2-3-8(9)12/h2-4,6H,5H2,1H3,(H,14,16). The molecule has 4 nitrogen and oxygen atoms in total. The Labute approximate surface area is 106 Å². The Morgan fingerprint density at radius 2 is 2.18 bits per heavy atom. The first kappa shape index (κ1) is 12.0. The van der Waals surface area contributed by atoms with Crippen LogP contribution in [-0.4, -0.2) is 24.4 Å². The highest BCUT2D eigenvalue weighted by molar-refractivity contribution is 9.10. The molecule has 0 aliphatic carbocycles. The fourth-order valence-corrected chi connectivity index (χ4v) is 2.16. The third-order valence-corrected chi connectivity index (χ3v) is 3.19. The second-order valence-electron chi connectivity index (χ2n) is 3.81. The van der Waals surface area contributed by atoms with Crippen molar-refractivity contribution < 1.29 is 14.0 Å². The van der Waals surface area contributed by atoms with Gasteiger partial charge in [-0.1, -0.05) is 0 Å². The van der Waals surface area contributed by atoms with Crippen LogP contribution in [0, 0.1) is 5.82 Å². The summed E-state index contributed by atoms with van der Waals surface area (Å²) in [6.07, 6.45) is 0. The van der Waals surface area contributed by atoms with E-state index in [2.05, 4.69) is 21.2 Å². The minimum Gasteiger partial charge on any atom is -0.343 e. The number of benzene rings is 1. The fraction of sp³-hybridized carbons (Fsp3) is 0.273. The van der Waals surface area contributed by atoms with Gasteiger partial charge in [-0.05, 0) is 41.1 Å². The van der Waals surface area contributed by atoms with E-state index in [1.54, 1.807) is 6.92 Å². The zero-order valence-corrected chi connectivity index (χ0v) is 10.6. The van der Waals surface area contributed by atoms with Gasteiger partial charge >= 0.3 is 0 Å². The maximum Gasteiger partial charge on any atom is 0.249 e. The number of anilines is 1. The number of rotatable bonds is 1. The molecule has 2 amide bonds. The molecule has 1 atom stereocenters. The van der Waals surface area contributed by atoms with Crippen molar-refractivity contribution in [3.63, 3.8) is 0 Å². The summed E-state index contributed by atoms with van der Waals surface area (Å²) in [5, 5.41) is 2.52. The summed E-state index contributed by atoms with van der Waals surface area (Å²) in [7, 11) is 0. The lowest BCUT2D eigenvalue weighted by molar-refractivity contribution is -0.130. The molecule has 6 heteroatoms. The first-order valence-electron chi connectivity index (χ1n) is 5.05. The van der Waals surface area contributed by atoms with E-state index in [4.69, 9.17) is 0 Å². The quantitative estimate of drug-likeness (QED) is 0.853. The van der Waals surface area contributed by atoms with Crippen LogP contribution in [0.1, 0.15) is 6.92 Å². The topological polar surface area (TPSA) is 49.4 Å². The van der Waals surface area contributed by atoms with Gasteiger partial charge in [-0.15, -0.1) is 0 Å². The average molecular weight is 301 g/mol. The van der Waals surface area contributed by atoms with Gasteiger partial charge in [-0.25, -0.2) is 4.39 Å². The Bertz CT molecular complexity index is 492. The molecule has 1 aliphatic heterocycles. The van der Waals surface area contributed by atoms with Gasteiger partial charge in [0, 0.05) is 4.47 Å². The third-order valence-electron chi connectivity index (χ3n) is 2.51. The Balaban J connectivity index is 2.41. The first-order chi connectivity index (χ1) is 7.99. The maximum absolute atomic E-state index is 13.2. The van der Waals surface area contributed by atoms with Crippen LogP contribution in [0.4, 0.5) is 10.1 Å². The SMILES string of the molecule is CC1NC(=O)CN(c2cc(F)ccc2Br)C1=O. The van der Waals surface area contributed by atoms with Gasteiger partial charge in [0.05, 0.1) is 5.69 Å². The van der Waals surface area contributed by atoms with Crippen molar-refractivity contribution in [1.82, 2.24) is 5.32 Å². The lowest BCUT2D eigenvalue weighted by atomic mass is 10.2. The van der Waals surface area contributed by atoms with E-state index < -0.39 is 11.9 Å². The van der Waals surface area contributed by atoms with Crippen LogP contribution in [0.5, 0.6) is 0 Å². The van der Waals surface area contributed by atoms with Gasteiger partial charge < -0.3 is 5.32 Å². The molecule has 1 heterocycles. The van der Waals surface area contributed by atoms with E-state index in [9.17, 15) is 14.0 Å². The summed E-state index contributed by atoms with van der Waals surface area (Å²) < 4.78 is 13.7. The molecule has 1 N–H and O–H groups in total. The van der Waals surface area contributed by atoms with E-state index in [1.807, 2.05) is 0 Å². The second-order valence-corrected chi connectivity index (χ2v) is 4.66. The molecule has 0 saturated carbocycles. The minimum atomic E-state index is -0.591. The molecule has 0 spiro atoms. The summed E-state index contributed by atoms with van der Waals surface area (Å²) in [6.45, 7) is 1.50. The number of nitrogens with zero attached hydrogens (tertiary/aromatic N) is 1. The number of nitrogens with one attached hydrogen (secondary N) is 1. The number of hydrogen-bond acceptors (Lipinski definition) is 2. The summed E-state index contributed by atoms with van der Waals surface area (Å²) in [5.41, 5.74) is 0.372. The molecule has 1 saturated heterocycles. The molecule has 1 unspecified atom stereocenters. The fourth-order valence-electron chi connectivity index (χ4n) is 1.70. The van der Waals surface area contributed by atoms with Crippen LogP contribution < -0.4 is 10.2 Å². The lowest BCUT2D eigenvalue weighted by Gasteiger charge is -2.31. The monoisotopic (exact) mass is 300 g/mol. The minimum absolute atomic E-state index is 0.0920.